The van der Waals surface area contributed by atoms with Crippen LogP contribution in [0, 0.1) is 0 Å². The predicted molar refractivity (Wildman–Crippen MR) is 86.1 cm³/mol. The number of aldehydes is 1. The quantitative estimate of drug-likeness (QED) is 0.725. The van der Waals surface area contributed by atoms with Crippen molar-refractivity contribution in [1.82, 2.24) is 9.78 Å². The zero-order chi connectivity index (χ0) is 15.7. The van der Waals surface area contributed by atoms with Gasteiger partial charge in [-0.1, -0.05) is 41.4 Å². The second kappa shape index (κ2) is 5.83. The van der Waals surface area contributed by atoms with Crippen molar-refractivity contribution in [3.63, 3.8) is 0 Å². The van der Waals surface area contributed by atoms with Crippen molar-refractivity contribution in [2.24, 2.45) is 0 Å². The van der Waals surface area contributed by atoms with E-state index in [4.69, 9.17) is 23.2 Å². The highest BCUT2D eigenvalue weighted by Crippen LogP contribution is 2.38. The molecule has 110 valence electrons. The fourth-order valence-electron chi connectivity index (χ4n) is 2.14. The number of carbonyl (C=O) groups excluding carboxylic acids is 1. The first-order valence-electron chi connectivity index (χ1n) is 6.39. The molecule has 1 N–H and O–H groups in total. The fraction of sp³-hybridized carbons (Fsp3) is 0. The summed E-state index contributed by atoms with van der Waals surface area (Å²) in [6.07, 6.45) is 2.27. The summed E-state index contributed by atoms with van der Waals surface area (Å²) in [5.41, 5.74) is 1.76. The van der Waals surface area contributed by atoms with Gasteiger partial charge in [-0.3, -0.25) is 4.79 Å². The molecule has 22 heavy (non-hydrogen) atoms. The molecule has 4 nitrogen and oxygen atoms in total. The van der Waals surface area contributed by atoms with E-state index in [1.165, 1.54) is 12.1 Å². The third-order valence-electron chi connectivity index (χ3n) is 3.17. The van der Waals surface area contributed by atoms with Gasteiger partial charge in [0.2, 0.25) is 0 Å². The molecule has 0 aliphatic rings. The number of carbonyl (C=O) groups is 1. The molecule has 0 saturated heterocycles. The molecule has 0 spiro atoms. The van der Waals surface area contributed by atoms with Gasteiger partial charge in [0.25, 0.3) is 0 Å². The summed E-state index contributed by atoms with van der Waals surface area (Å²) in [5, 5.41) is 14.9. The summed E-state index contributed by atoms with van der Waals surface area (Å²) >= 11 is 11.9. The van der Waals surface area contributed by atoms with Crippen molar-refractivity contribution in [3.05, 3.63) is 64.3 Å². The van der Waals surface area contributed by atoms with Gasteiger partial charge in [-0.25, -0.2) is 4.68 Å². The SMILES string of the molecule is O=Cc1cn(-c2ccccc2)nc1-c1cc(Cl)cc(Cl)c1O. The Labute approximate surface area is 136 Å². The minimum Gasteiger partial charge on any atom is -0.506 e. The van der Waals surface area contributed by atoms with Crippen LogP contribution in [0.15, 0.2) is 48.7 Å². The van der Waals surface area contributed by atoms with E-state index in [9.17, 15) is 9.90 Å². The summed E-state index contributed by atoms with van der Waals surface area (Å²) in [6.45, 7) is 0. The molecule has 0 aliphatic carbocycles. The Bertz CT molecular complexity index is 845. The number of hydrogen-bond donors (Lipinski definition) is 1. The van der Waals surface area contributed by atoms with Crippen LogP contribution in [0.1, 0.15) is 10.4 Å². The van der Waals surface area contributed by atoms with Crippen LogP contribution in [0.4, 0.5) is 0 Å². The van der Waals surface area contributed by atoms with Crippen molar-refractivity contribution >= 4 is 29.5 Å². The Morgan fingerprint density at radius 3 is 2.55 bits per heavy atom. The summed E-state index contributed by atoms with van der Waals surface area (Å²) in [5.74, 6) is -0.160. The van der Waals surface area contributed by atoms with Crippen LogP contribution in [0.2, 0.25) is 10.0 Å². The molecule has 0 saturated carbocycles. The van der Waals surface area contributed by atoms with E-state index in [0.717, 1.165) is 5.69 Å². The number of hydrogen-bond acceptors (Lipinski definition) is 3. The lowest BCUT2D eigenvalue weighted by molar-refractivity contribution is 0.112. The Kier molecular flexibility index (Phi) is 3.88. The number of benzene rings is 2. The summed E-state index contributed by atoms with van der Waals surface area (Å²) in [4.78, 5) is 11.3. The van der Waals surface area contributed by atoms with Crippen LogP contribution in [0.25, 0.3) is 16.9 Å². The van der Waals surface area contributed by atoms with Gasteiger partial charge in [-0.15, -0.1) is 0 Å². The fourth-order valence-corrected chi connectivity index (χ4v) is 2.64. The maximum atomic E-state index is 11.3. The minimum atomic E-state index is -0.160. The number of phenolic OH excluding ortho intramolecular Hbond substituents is 1. The first kappa shape index (κ1) is 14.6. The molecule has 0 bridgehead atoms. The lowest BCUT2D eigenvalue weighted by Gasteiger charge is -2.05. The number of phenols is 1. The summed E-state index contributed by atoms with van der Waals surface area (Å²) < 4.78 is 1.56. The van der Waals surface area contributed by atoms with Crippen LogP contribution in [-0.2, 0) is 0 Å². The van der Waals surface area contributed by atoms with Crippen LogP contribution < -0.4 is 0 Å². The molecule has 0 atom stereocenters. The van der Waals surface area contributed by atoms with Crippen LogP contribution >= 0.6 is 23.2 Å². The Balaban J connectivity index is 2.20. The number of rotatable bonds is 3. The largest absolute Gasteiger partial charge is 0.506 e. The molecular formula is C16H10Cl2N2O2. The average Bonchev–Trinajstić information content (AvgIpc) is 2.96. The third kappa shape index (κ3) is 2.58. The third-order valence-corrected chi connectivity index (χ3v) is 3.68. The van der Waals surface area contributed by atoms with E-state index in [1.54, 1.807) is 10.9 Å². The molecule has 0 fully saturated rings. The smallest absolute Gasteiger partial charge is 0.153 e. The van der Waals surface area contributed by atoms with Gasteiger partial charge in [-0.05, 0) is 24.3 Å². The summed E-state index contributed by atoms with van der Waals surface area (Å²) in [6, 6.07) is 12.3. The molecule has 3 aromatic rings. The molecule has 0 aliphatic heterocycles. The van der Waals surface area contributed by atoms with Gasteiger partial charge in [0.15, 0.2) is 6.29 Å². The molecule has 0 unspecified atom stereocenters. The maximum absolute atomic E-state index is 11.3. The number of aromatic nitrogens is 2. The van der Waals surface area contributed by atoms with Crippen molar-refractivity contribution < 1.29 is 9.90 Å². The highest BCUT2D eigenvalue weighted by Gasteiger charge is 2.17. The number of aromatic hydroxyl groups is 1. The zero-order valence-electron chi connectivity index (χ0n) is 11.2. The lowest BCUT2D eigenvalue weighted by Crippen LogP contribution is -1.94. The van der Waals surface area contributed by atoms with E-state index in [-0.39, 0.29) is 10.8 Å². The predicted octanol–water partition coefficient (Wildman–Crippen LogP) is 4.36. The summed E-state index contributed by atoms with van der Waals surface area (Å²) in [7, 11) is 0. The van der Waals surface area contributed by atoms with Crippen LogP contribution in [0.5, 0.6) is 5.75 Å². The van der Waals surface area contributed by atoms with Crippen molar-refractivity contribution in [3.8, 4) is 22.7 Å². The standard InChI is InChI=1S/C16H10Cl2N2O2/c17-11-6-13(16(22)14(18)7-11)15-10(9-21)8-20(19-15)12-4-2-1-3-5-12/h1-9,22H. The first-order valence-corrected chi connectivity index (χ1v) is 7.14. The van der Waals surface area contributed by atoms with Gasteiger partial charge < -0.3 is 5.11 Å². The Hall–Kier alpha value is -2.30. The van der Waals surface area contributed by atoms with Gasteiger partial charge in [-0.2, -0.15) is 5.10 Å². The molecule has 0 amide bonds. The normalized spacial score (nSPS) is 10.6. The highest BCUT2D eigenvalue weighted by atomic mass is 35.5. The molecule has 1 aromatic heterocycles. The van der Waals surface area contributed by atoms with E-state index < -0.39 is 0 Å². The first-order chi connectivity index (χ1) is 10.6. The van der Waals surface area contributed by atoms with Gasteiger partial charge >= 0.3 is 0 Å². The van der Waals surface area contributed by atoms with E-state index >= 15 is 0 Å². The molecule has 0 radical (unpaired) electrons. The highest BCUT2D eigenvalue weighted by molar-refractivity contribution is 6.36. The zero-order valence-corrected chi connectivity index (χ0v) is 12.7. The number of halogens is 2. The van der Waals surface area contributed by atoms with Gasteiger partial charge in [0.1, 0.15) is 11.4 Å². The molecule has 1 heterocycles. The number of nitrogens with zero attached hydrogens (tertiary/aromatic N) is 2. The monoisotopic (exact) mass is 332 g/mol. The Morgan fingerprint density at radius 2 is 1.86 bits per heavy atom. The topological polar surface area (TPSA) is 55.1 Å². The molecular weight excluding hydrogens is 323 g/mol. The van der Waals surface area contributed by atoms with Crippen LogP contribution in [-0.4, -0.2) is 21.2 Å². The van der Waals surface area contributed by atoms with Crippen LogP contribution in [0.3, 0.4) is 0 Å². The minimum absolute atomic E-state index is 0.105. The van der Waals surface area contributed by atoms with E-state index in [1.807, 2.05) is 30.3 Å². The lowest BCUT2D eigenvalue weighted by atomic mass is 10.1. The molecule has 2 aromatic carbocycles. The second-order valence-electron chi connectivity index (χ2n) is 4.61. The van der Waals surface area contributed by atoms with Crippen molar-refractivity contribution in [2.45, 2.75) is 0 Å². The number of para-hydroxylation sites is 1. The van der Waals surface area contributed by atoms with Gasteiger partial charge in [0.05, 0.1) is 16.3 Å². The average molecular weight is 333 g/mol. The molecule has 3 rings (SSSR count). The van der Waals surface area contributed by atoms with E-state index in [2.05, 4.69) is 5.10 Å². The van der Waals surface area contributed by atoms with Gasteiger partial charge in [0, 0.05) is 16.8 Å². The van der Waals surface area contributed by atoms with Crippen molar-refractivity contribution in [1.29, 1.82) is 0 Å². The van der Waals surface area contributed by atoms with Crippen molar-refractivity contribution in [2.75, 3.05) is 0 Å². The second-order valence-corrected chi connectivity index (χ2v) is 5.46. The van der Waals surface area contributed by atoms with E-state index in [0.29, 0.717) is 28.1 Å². The maximum Gasteiger partial charge on any atom is 0.153 e. The molecule has 6 heteroatoms. The Morgan fingerprint density at radius 1 is 1.14 bits per heavy atom.